The van der Waals surface area contributed by atoms with Crippen molar-refractivity contribution >= 4 is 23.0 Å². The number of halogens is 3. The molecule has 0 saturated carbocycles. The summed E-state index contributed by atoms with van der Waals surface area (Å²) >= 11 is 0. The predicted molar refractivity (Wildman–Crippen MR) is 77.6 cm³/mol. The van der Waals surface area contributed by atoms with E-state index in [2.05, 4.69) is 20.6 Å². The lowest BCUT2D eigenvalue weighted by Gasteiger charge is -2.11. The van der Waals surface area contributed by atoms with Crippen molar-refractivity contribution in [1.29, 1.82) is 0 Å². The number of rotatable bonds is 5. The molecule has 0 fully saturated rings. The van der Waals surface area contributed by atoms with Crippen LogP contribution < -0.4 is 10.6 Å². The maximum absolute atomic E-state index is 12.7. The Labute approximate surface area is 128 Å². The van der Waals surface area contributed by atoms with Crippen LogP contribution in [0.1, 0.15) is 12.5 Å². The third-order valence-corrected chi connectivity index (χ3v) is 2.80. The van der Waals surface area contributed by atoms with Gasteiger partial charge >= 0.3 is 11.9 Å². The van der Waals surface area contributed by atoms with Crippen LogP contribution in [0.2, 0.25) is 0 Å². The molecule has 0 saturated heterocycles. The van der Waals surface area contributed by atoms with Gasteiger partial charge in [-0.3, -0.25) is 10.1 Å². The van der Waals surface area contributed by atoms with Crippen LogP contribution in [0.3, 0.4) is 0 Å². The standard InChI is InChI=1S/C13H12F3N5O2/c1-2-17-11-10(21(22)23)12(19-7-18-11)20-9-5-3-4-8(6-9)13(14,15)16/h3-7H,2H2,1H3,(H2,17,18,19,20). The molecule has 0 atom stereocenters. The van der Waals surface area contributed by atoms with E-state index in [4.69, 9.17) is 0 Å². The van der Waals surface area contributed by atoms with Gasteiger partial charge in [-0.1, -0.05) is 6.07 Å². The summed E-state index contributed by atoms with van der Waals surface area (Å²) in [7, 11) is 0. The Balaban J connectivity index is 2.41. The zero-order chi connectivity index (χ0) is 17.0. The molecule has 2 rings (SSSR count). The lowest BCUT2D eigenvalue weighted by Crippen LogP contribution is -2.08. The second-order valence-corrected chi connectivity index (χ2v) is 4.41. The third-order valence-electron chi connectivity index (χ3n) is 2.80. The molecule has 0 aliphatic rings. The average Bonchev–Trinajstić information content (AvgIpc) is 2.47. The fourth-order valence-electron chi connectivity index (χ4n) is 1.85. The molecule has 1 aromatic carbocycles. The van der Waals surface area contributed by atoms with Gasteiger partial charge in [0.25, 0.3) is 0 Å². The van der Waals surface area contributed by atoms with E-state index < -0.39 is 22.4 Å². The van der Waals surface area contributed by atoms with Gasteiger partial charge in [0.2, 0.25) is 11.6 Å². The number of anilines is 3. The molecule has 0 unspecified atom stereocenters. The van der Waals surface area contributed by atoms with Crippen LogP contribution in [0.4, 0.5) is 36.2 Å². The first-order valence-electron chi connectivity index (χ1n) is 6.50. The molecule has 122 valence electrons. The van der Waals surface area contributed by atoms with Crippen molar-refractivity contribution < 1.29 is 18.1 Å². The molecule has 2 aromatic rings. The Morgan fingerprint density at radius 2 is 1.96 bits per heavy atom. The Morgan fingerprint density at radius 1 is 1.26 bits per heavy atom. The van der Waals surface area contributed by atoms with Gasteiger partial charge in [0.05, 0.1) is 10.5 Å². The smallest absolute Gasteiger partial charge is 0.364 e. The van der Waals surface area contributed by atoms with Gasteiger partial charge in [-0.2, -0.15) is 13.2 Å². The summed E-state index contributed by atoms with van der Waals surface area (Å²) in [6.07, 6.45) is -3.43. The van der Waals surface area contributed by atoms with Gasteiger partial charge in [-0.25, -0.2) is 9.97 Å². The summed E-state index contributed by atoms with van der Waals surface area (Å²) in [6, 6.07) is 4.31. The quantitative estimate of drug-likeness (QED) is 0.644. The highest BCUT2D eigenvalue weighted by molar-refractivity contribution is 5.73. The van der Waals surface area contributed by atoms with E-state index in [1.54, 1.807) is 6.92 Å². The first-order valence-corrected chi connectivity index (χ1v) is 6.50. The van der Waals surface area contributed by atoms with Crippen LogP contribution in [0.5, 0.6) is 0 Å². The average molecular weight is 327 g/mol. The summed E-state index contributed by atoms with van der Waals surface area (Å²) in [4.78, 5) is 18.0. The number of hydrogen-bond acceptors (Lipinski definition) is 6. The molecular formula is C13H12F3N5O2. The molecule has 0 amide bonds. The zero-order valence-electron chi connectivity index (χ0n) is 11.9. The molecule has 0 spiro atoms. The summed E-state index contributed by atoms with van der Waals surface area (Å²) in [6.45, 7) is 2.12. The minimum Gasteiger partial charge on any atom is -0.364 e. The van der Waals surface area contributed by atoms with Crippen LogP contribution in [-0.2, 0) is 6.18 Å². The highest BCUT2D eigenvalue weighted by Crippen LogP contribution is 2.34. The van der Waals surface area contributed by atoms with E-state index in [0.717, 1.165) is 18.5 Å². The van der Waals surface area contributed by atoms with E-state index in [0.29, 0.717) is 6.54 Å². The molecule has 23 heavy (non-hydrogen) atoms. The van der Waals surface area contributed by atoms with Crippen LogP contribution in [0.15, 0.2) is 30.6 Å². The SMILES string of the molecule is CCNc1ncnc(Nc2cccc(C(F)(F)F)c2)c1[N+](=O)[O-]. The Hall–Kier alpha value is -2.91. The zero-order valence-corrected chi connectivity index (χ0v) is 11.9. The number of benzene rings is 1. The van der Waals surface area contributed by atoms with Crippen molar-refractivity contribution in [2.45, 2.75) is 13.1 Å². The highest BCUT2D eigenvalue weighted by atomic mass is 19.4. The molecular weight excluding hydrogens is 315 g/mol. The molecule has 7 nitrogen and oxygen atoms in total. The number of aromatic nitrogens is 2. The molecule has 0 aliphatic carbocycles. The fourth-order valence-corrected chi connectivity index (χ4v) is 1.85. The van der Waals surface area contributed by atoms with Crippen molar-refractivity contribution in [3.8, 4) is 0 Å². The Bertz CT molecular complexity index is 721. The van der Waals surface area contributed by atoms with Crippen LogP contribution in [-0.4, -0.2) is 21.4 Å². The summed E-state index contributed by atoms with van der Waals surface area (Å²) in [5.74, 6) is -0.206. The monoisotopic (exact) mass is 327 g/mol. The fraction of sp³-hybridized carbons (Fsp3) is 0.231. The third kappa shape index (κ3) is 3.84. The number of nitro groups is 1. The van der Waals surface area contributed by atoms with Gasteiger partial charge in [0.1, 0.15) is 6.33 Å². The lowest BCUT2D eigenvalue weighted by atomic mass is 10.2. The highest BCUT2D eigenvalue weighted by Gasteiger charge is 2.30. The first-order chi connectivity index (χ1) is 10.8. The molecule has 0 aliphatic heterocycles. The van der Waals surface area contributed by atoms with Crippen molar-refractivity contribution in [2.75, 3.05) is 17.2 Å². The second kappa shape index (κ2) is 6.46. The molecule has 2 N–H and O–H groups in total. The summed E-state index contributed by atoms with van der Waals surface area (Å²) in [5, 5.41) is 16.4. The Morgan fingerprint density at radius 3 is 2.57 bits per heavy atom. The van der Waals surface area contributed by atoms with Gasteiger partial charge in [0.15, 0.2) is 0 Å². The van der Waals surface area contributed by atoms with E-state index in [1.165, 1.54) is 12.1 Å². The predicted octanol–water partition coefficient (Wildman–Crippen LogP) is 3.58. The number of nitrogens with zero attached hydrogens (tertiary/aromatic N) is 3. The van der Waals surface area contributed by atoms with Crippen molar-refractivity contribution in [3.05, 3.63) is 46.3 Å². The van der Waals surface area contributed by atoms with E-state index in [9.17, 15) is 23.3 Å². The van der Waals surface area contributed by atoms with Crippen LogP contribution >= 0.6 is 0 Å². The maximum atomic E-state index is 12.7. The molecule has 0 radical (unpaired) electrons. The molecule has 1 heterocycles. The Kier molecular flexibility index (Phi) is 4.63. The van der Waals surface area contributed by atoms with E-state index in [-0.39, 0.29) is 17.3 Å². The molecule has 1 aromatic heterocycles. The molecule has 0 bridgehead atoms. The summed E-state index contributed by atoms with van der Waals surface area (Å²) in [5.41, 5.74) is -1.28. The first kappa shape index (κ1) is 16.5. The van der Waals surface area contributed by atoms with Gasteiger partial charge < -0.3 is 10.6 Å². The van der Waals surface area contributed by atoms with E-state index >= 15 is 0 Å². The van der Waals surface area contributed by atoms with Crippen molar-refractivity contribution in [3.63, 3.8) is 0 Å². The number of alkyl halides is 3. The number of hydrogen-bond donors (Lipinski definition) is 2. The van der Waals surface area contributed by atoms with Crippen molar-refractivity contribution in [2.24, 2.45) is 0 Å². The van der Waals surface area contributed by atoms with E-state index in [1.807, 2.05) is 0 Å². The normalized spacial score (nSPS) is 11.1. The van der Waals surface area contributed by atoms with Crippen LogP contribution in [0.25, 0.3) is 0 Å². The number of nitrogens with one attached hydrogen (secondary N) is 2. The second-order valence-electron chi connectivity index (χ2n) is 4.41. The van der Waals surface area contributed by atoms with Gasteiger partial charge in [-0.05, 0) is 25.1 Å². The molecule has 10 heteroatoms. The van der Waals surface area contributed by atoms with Crippen molar-refractivity contribution in [1.82, 2.24) is 9.97 Å². The van der Waals surface area contributed by atoms with Gasteiger partial charge in [-0.15, -0.1) is 0 Å². The summed E-state index contributed by atoms with van der Waals surface area (Å²) < 4.78 is 38.1. The minimum absolute atomic E-state index is 0.0121. The lowest BCUT2D eigenvalue weighted by molar-refractivity contribution is -0.383. The van der Waals surface area contributed by atoms with Crippen LogP contribution in [0, 0.1) is 10.1 Å². The largest absolute Gasteiger partial charge is 0.416 e. The topological polar surface area (TPSA) is 93.0 Å². The minimum atomic E-state index is -4.51. The van der Waals surface area contributed by atoms with Gasteiger partial charge in [0, 0.05) is 12.2 Å². The maximum Gasteiger partial charge on any atom is 0.416 e.